The molecule has 0 radical (unpaired) electrons. The number of nitrogens with zero attached hydrogens (tertiary/aromatic N) is 4. The highest BCUT2D eigenvalue weighted by atomic mass is 16.6. The minimum Gasteiger partial charge on any atom is -0.478 e. The number of fused-ring (bicyclic) bond motifs is 2. The lowest BCUT2D eigenvalue weighted by molar-refractivity contribution is -0.118. The van der Waals surface area contributed by atoms with Crippen LogP contribution in [0, 0.1) is 0 Å². The molecular weight excluding hydrogens is 588 g/mol. The van der Waals surface area contributed by atoms with Gasteiger partial charge in [-0.25, -0.2) is 4.79 Å². The fourth-order valence-electron chi connectivity index (χ4n) is 6.71. The number of amides is 2. The van der Waals surface area contributed by atoms with Crippen molar-refractivity contribution in [3.63, 3.8) is 0 Å². The SMILES string of the molecule is CCCCCCCCCCCCOC(=O)N1C(=O)CCc2ccc(OCCCCN3CCN(c4cccc5ccccc45)CC3)nc21. The largest absolute Gasteiger partial charge is 0.478 e. The number of ether oxygens (including phenoxy) is 2. The number of hydrogen-bond acceptors (Lipinski definition) is 7. The van der Waals surface area contributed by atoms with Crippen LogP contribution in [-0.2, 0) is 16.0 Å². The van der Waals surface area contributed by atoms with Crippen molar-refractivity contribution < 1.29 is 19.1 Å². The van der Waals surface area contributed by atoms with Gasteiger partial charge in [-0.3, -0.25) is 9.69 Å². The molecule has 1 saturated heterocycles. The molecule has 0 saturated carbocycles. The second-order valence-electron chi connectivity index (χ2n) is 13.0. The summed E-state index contributed by atoms with van der Waals surface area (Å²) in [4.78, 5) is 36.4. The molecule has 0 unspecified atom stereocenters. The van der Waals surface area contributed by atoms with Crippen molar-refractivity contribution in [3.05, 3.63) is 60.2 Å². The van der Waals surface area contributed by atoms with Crippen LogP contribution in [0.4, 0.5) is 16.3 Å². The molecule has 47 heavy (non-hydrogen) atoms. The van der Waals surface area contributed by atoms with E-state index in [1.165, 1.54) is 61.4 Å². The fourth-order valence-corrected chi connectivity index (χ4v) is 6.71. The summed E-state index contributed by atoms with van der Waals surface area (Å²) in [7, 11) is 0. The van der Waals surface area contributed by atoms with E-state index in [0.29, 0.717) is 31.3 Å². The zero-order valence-electron chi connectivity index (χ0n) is 28.5. The fraction of sp³-hybridized carbons (Fsp3) is 0.564. The number of carbonyl (C=O) groups excluding carboxylic acids is 2. The van der Waals surface area contributed by atoms with Gasteiger partial charge in [0.05, 0.1) is 13.2 Å². The van der Waals surface area contributed by atoms with Gasteiger partial charge in [0, 0.05) is 49.7 Å². The number of anilines is 2. The van der Waals surface area contributed by atoms with E-state index < -0.39 is 6.09 Å². The topological polar surface area (TPSA) is 75.2 Å². The van der Waals surface area contributed by atoms with E-state index in [1.807, 2.05) is 12.1 Å². The first-order valence-corrected chi connectivity index (χ1v) is 18.2. The summed E-state index contributed by atoms with van der Waals surface area (Å²) < 4.78 is 11.5. The summed E-state index contributed by atoms with van der Waals surface area (Å²) in [6.45, 7) is 8.31. The molecule has 0 N–H and O–H groups in total. The maximum atomic E-state index is 12.9. The molecule has 0 aliphatic carbocycles. The molecule has 1 fully saturated rings. The maximum Gasteiger partial charge on any atom is 0.422 e. The Balaban J connectivity index is 0.988. The predicted octanol–water partition coefficient (Wildman–Crippen LogP) is 8.55. The number of unbranched alkanes of at least 4 members (excludes halogenated alkanes) is 10. The third-order valence-corrected chi connectivity index (χ3v) is 9.50. The lowest BCUT2D eigenvalue weighted by Gasteiger charge is -2.36. The number of hydrogen-bond donors (Lipinski definition) is 0. The van der Waals surface area contributed by atoms with E-state index in [0.717, 1.165) is 75.3 Å². The zero-order valence-corrected chi connectivity index (χ0v) is 28.5. The first-order chi connectivity index (χ1) is 23.1. The Labute approximate surface area is 281 Å². The van der Waals surface area contributed by atoms with Gasteiger partial charge in [0.25, 0.3) is 0 Å². The highest BCUT2D eigenvalue weighted by Crippen LogP contribution is 2.30. The van der Waals surface area contributed by atoms with E-state index in [2.05, 4.69) is 64.2 Å². The van der Waals surface area contributed by atoms with Crippen molar-refractivity contribution in [3.8, 4) is 5.88 Å². The van der Waals surface area contributed by atoms with Gasteiger partial charge in [-0.2, -0.15) is 9.88 Å². The Morgan fingerprint density at radius 2 is 1.45 bits per heavy atom. The summed E-state index contributed by atoms with van der Waals surface area (Å²) in [5, 5.41) is 2.62. The number of pyridine rings is 1. The number of piperazine rings is 1. The van der Waals surface area contributed by atoms with E-state index in [9.17, 15) is 9.59 Å². The molecule has 3 heterocycles. The van der Waals surface area contributed by atoms with Crippen LogP contribution in [0.15, 0.2) is 54.6 Å². The zero-order chi connectivity index (χ0) is 32.7. The molecule has 2 aliphatic heterocycles. The lowest BCUT2D eigenvalue weighted by Crippen LogP contribution is -2.46. The average Bonchev–Trinajstić information content (AvgIpc) is 3.10. The van der Waals surface area contributed by atoms with Gasteiger partial charge in [0.2, 0.25) is 11.8 Å². The summed E-state index contributed by atoms with van der Waals surface area (Å²) in [5.74, 6) is 0.529. The third kappa shape index (κ3) is 10.2. The number of aromatic nitrogens is 1. The highest BCUT2D eigenvalue weighted by Gasteiger charge is 2.32. The molecule has 2 amide bonds. The van der Waals surface area contributed by atoms with Gasteiger partial charge in [0.15, 0.2) is 5.82 Å². The van der Waals surface area contributed by atoms with Gasteiger partial charge in [-0.1, -0.05) is 101 Å². The molecule has 1 aromatic heterocycles. The minimum absolute atomic E-state index is 0.268. The van der Waals surface area contributed by atoms with Crippen molar-refractivity contribution in [2.75, 3.05) is 55.7 Å². The monoisotopic (exact) mass is 642 g/mol. The molecule has 5 rings (SSSR count). The van der Waals surface area contributed by atoms with E-state index >= 15 is 0 Å². The van der Waals surface area contributed by atoms with Crippen molar-refractivity contribution in [2.45, 2.75) is 96.8 Å². The first kappa shape index (κ1) is 34.7. The number of carbonyl (C=O) groups is 2. The maximum absolute atomic E-state index is 12.9. The van der Waals surface area contributed by atoms with Crippen LogP contribution in [0.1, 0.15) is 96.0 Å². The minimum atomic E-state index is -0.628. The standard InChI is InChI=1S/C39H54N4O4/c1-2-3-4-5-6-7-8-9-10-14-31-47-39(45)43-37(44)24-22-33-21-23-36(40-38(33)43)46-30-15-13-25-41-26-28-42(29-27-41)35-20-16-18-32-17-11-12-19-34(32)35/h11-12,16-21,23H,2-10,13-15,22,24-31H2,1H3. The molecule has 0 spiro atoms. The van der Waals surface area contributed by atoms with Gasteiger partial charge < -0.3 is 14.4 Å². The second kappa shape index (κ2) is 18.6. The smallest absolute Gasteiger partial charge is 0.422 e. The summed E-state index contributed by atoms with van der Waals surface area (Å²) in [6, 6.07) is 19.0. The van der Waals surface area contributed by atoms with Crippen LogP contribution < -0.4 is 14.5 Å². The van der Waals surface area contributed by atoms with Crippen LogP contribution in [0.2, 0.25) is 0 Å². The van der Waals surface area contributed by atoms with Crippen molar-refractivity contribution in [2.24, 2.45) is 0 Å². The molecule has 254 valence electrons. The number of rotatable bonds is 18. The summed E-state index contributed by atoms with van der Waals surface area (Å²) in [5.41, 5.74) is 2.20. The van der Waals surface area contributed by atoms with Crippen molar-refractivity contribution in [1.29, 1.82) is 0 Å². The van der Waals surface area contributed by atoms with E-state index in [1.54, 1.807) is 0 Å². The second-order valence-corrected chi connectivity index (χ2v) is 13.0. The Morgan fingerprint density at radius 3 is 2.23 bits per heavy atom. The van der Waals surface area contributed by atoms with Crippen LogP contribution in [0.3, 0.4) is 0 Å². The van der Waals surface area contributed by atoms with Crippen molar-refractivity contribution >= 4 is 34.3 Å². The van der Waals surface area contributed by atoms with Gasteiger partial charge in [-0.05, 0) is 55.3 Å². The van der Waals surface area contributed by atoms with Crippen LogP contribution in [0.5, 0.6) is 5.88 Å². The first-order valence-electron chi connectivity index (χ1n) is 18.2. The normalized spacial score (nSPS) is 15.2. The Morgan fingerprint density at radius 1 is 0.745 bits per heavy atom. The molecule has 8 nitrogen and oxygen atoms in total. The summed E-state index contributed by atoms with van der Waals surface area (Å²) in [6.07, 6.45) is 14.3. The van der Waals surface area contributed by atoms with E-state index in [-0.39, 0.29) is 12.3 Å². The molecule has 0 atom stereocenters. The Hall–Kier alpha value is -3.65. The highest BCUT2D eigenvalue weighted by molar-refractivity contribution is 6.13. The average molecular weight is 643 g/mol. The molecule has 2 aliphatic rings. The lowest BCUT2D eigenvalue weighted by atomic mass is 10.1. The molecule has 2 aromatic carbocycles. The molecule has 8 heteroatoms. The van der Waals surface area contributed by atoms with Crippen LogP contribution in [-0.4, -0.2) is 67.8 Å². The van der Waals surface area contributed by atoms with Gasteiger partial charge >= 0.3 is 6.09 Å². The molecular formula is C39H54N4O4. The number of imide groups is 1. The Bertz CT molecular complexity index is 1420. The predicted molar refractivity (Wildman–Crippen MR) is 191 cm³/mol. The molecule has 3 aromatic rings. The molecule has 0 bridgehead atoms. The number of aryl methyl sites for hydroxylation is 1. The van der Waals surface area contributed by atoms with Gasteiger partial charge in [-0.15, -0.1) is 0 Å². The summed E-state index contributed by atoms with van der Waals surface area (Å²) >= 11 is 0. The quantitative estimate of drug-likeness (QED) is 0.129. The third-order valence-electron chi connectivity index (χ3n) is 9.50. The Kier molecular flexibility index (Phi) is 13.7. The van der Waals surface area contributed by atoms with E-state index in [4.69, 9.17) is 9.47 Å². The van der Waals surface area contributed by atoms with Crippen LogP contribution >= 0.6 is 0 Å². The number of benzene rings is 2. The van der Waals surface area contributed by atoms with Crippen LogP contribution in [0.25, 0.3) is 10.8 Å². The van der Waals surface area contributed by atoms with Gasteiger partial charge in [0.1, 0.15) is 0 Å². The van der Waals surface area contributed by atoms with Crippen molar-refractivity contribution in [1.82, 2.24) is 9.88 Å².